The summed E-state index contributed by atoms with van der Waals surface area (Å²) in [6, 6.07) is 7.36. The lowest BCUT2D eigenvalue weighted by atomic mass is 9.95. The van der Waals surface area contributed by atoms with Crippen LogP contribution < -0.4 is 4.74 Å². The molecule has 1 heterocycles. The van der Waals surface area contributed by atoms with E-state index in [1.165, 1.54) is 6.20 Å². The molecule has 0 spiro atoms. The zero-order chi connectivity index (χ0) is 14.5. The summed E-state index contributed by atoms with van der Waals surface area (Å²) >= 11 is 0. The number of hydrogen-bond donors (Lipinski definition) is 1. The van der Waals surface area contributed by atoms with Crippen LogP contribution in [0.2, 0.25) is 0 Å². The van der Waals surface area contributed by atoms with Crippen molar-refractivity contribution in [1.29, 1.82) is 0 Å². The zero-order valence-electron chi connectivity index (χ0n) is 11.4. The highest BCUT2D eigenvalue weighted by Crippen LogP contribution is 2.22. The Morgan fingerprint density at radius 3 is 2.45 bits per heavy atom. The molecule has 1 aromatic heterocycles. The molecule has 1 N–H and O–H groups in total. The smallest absolute Gasteiger partial charge is 0.313 e. The Hall–Kier alpha value is -2.43. The number of methoxy groups -OCH3 is 1. The van der Waals surface area contributed by atoms with Gasteiger partial charge in [0.15, 0.2) is 0 Å². The Balaban J connectivity index is 2.26. The Labute approximate surface area is 117 Å². The summed E-state index contributed by atoms with van der Waals surface area (Å²) in [4.78, 5) is 19.8. The summed E-state index contributed by atoms with van der Waals surface area (Å²) in [6.07, 6.45) is 3.45. The van der Waals surface area contributed by atoms with Gasteiger partial charge in [-0.1, -0.05) is 12.1 Å². The van der Waals surface area contributed by atoms with E-state index in [1.807, 2.05) is 24.3 Å². The second-order valence-corrected chi connectivity index (χ2v) is 4.47. The molecule has 0 aliphatic rings. The highest BCUT2D eigenvalue weighted by molar-refractivity contribution is 5.76. The molecular formula is C15H16N2O3. The molecular weight excluding hydrogens is 256 g/mol. The fourth-order valence-corrected chi connectivity index (χ4v) is 2.06. The van der Waals surface area contributed by atoms with Crippen molar-refractivity contribution in [3.63, 3.8) is 0 Å². The van der Waals surface area contributed by atoms with Crippen LogP contribution in [-0.2, 0) is 11.2 Å². The molecule has 0 aliphatic carbocycles. The maximum absolute atomic E-state index is 11.5. The fraction of sp³-hybridized carbons (Fsp3) is 0.267. The SMILES string of the molecule is COc1ccc(CC(C(=O)O)c2nccnc2C)cc1. The minimum Gasteiger partial charge on any atom is -0.497 e. The van der Waals surface area contributed by atoms with Gasteiger partial charge in [-0.15, -0.1) is 0 Å². The Morgan fingerprint density at radius 1 is 1.25 bits per heavy atom. The van der Waals surface area contributed by atoms with Crippen molar-refractivity contribution >= 4 is 5.97 Å². The maximum Gasteiger partial charge on any atom is 0.313 e. The van der Waals surface area contributed by atoms with E-state index in [2.05, 4.69) is 9.97 Å². The van der Waals surface area contributed by atoms with Crippen molar-refractivity contribution < 1.29 is 14.6 Å². The van der Waals surface area contributed by atoms with Gasteiger partial charge >= 0.3 is 5.97 Å². The van der Waals surface area contributed by atoms with Crippen LogP contribution in [0.5, 0.6) is 5.75 Å². The summed E-state index contributed by atoms with van der Waals surface area (Å²) < 4.78 is 5.09. The first-order valence-electron chi connectivity index (χ1n) is 6.25. The van der Waals surface area contributed by atoms with Crippen molar-refractivity contribution in [1.82, 2.24) is 9.97 Å². The van der Waals surface area contributed by atoms with Crippen molar-refractivity contribution in [3.8, 4) is 5.75 Å². The molecule has 2 rings (SSSR count). The van der Waals surface area contributed by atoms with Crippen LogP contribution in [0.4, 0.5) is 0 Å². The number of nitrogens with zero attached hydrogens (tertiary/aromatic N) is 2. The molecule has 0 saturated carbocycles. The lowest BCUT2D eigenvalue weighted by Crippen LogP contribution is -2.17. The van der Waals surface area contributed by atoms with Crippen molar-refractivity contribution in [2.24, 2.45) is 0 Å². The second kappa shape index (κ2) is 6.14. The topological polar surface area (TPSA) is 72.3 Å². The first-order valence-corrected chi connectivity index (χ1v) is 6.25. The monoisotopic (exact) mass is 272 g/mol. The molecule has 0 radical (unpaired) electrons. The highest BCUT2D eigenvalue weighted by atomic mass is 16.5. The van der Waals surface area contributed by atoms with Gasteiger partial charge in [0, 0.05) is 12.4 Å². The number of carboxylic acids is 1. The normalized spacial score (nSPS) is 11.9. The van der Waals surface area contributed by atoms with E-state index in [9.17, 15) is 9.90 Å². The molecule has 20 heavy (non-hydrogen) atoms. The van der Waals surface area contributed by atoms with Crippen LogP contribution in [0, 0.1) is 6.92 Å². The summed E-state index contributed by atoms with van der Waals surface area (Å²) in [5.74, 6) is -0.849. The van der Waals surface area contributed by atoms with E-state index in [4.69, 9.17) is 4.74 Å². The largest absolute Gasteiger partial charge is 0.497 e. The van der Waals surface area contributed by atoms with Gasteiger partial charge < -0.3 is 9.84 Å². The van der Waals surface area contributed by atoms with Gasteiger partial charge in [-0.3, -0.25) is 14.8 Å². The molecule has 1 aromatic carbocycles. The number of benzene rings is 1. The molecule has 104 valence electrons. The van der Waals surface area contributed by atoms with Gasteiger partial charge in [-0.05, 0) is 31.0 Å². The summed E-state index contributed by atoms with van der Waals surface area (Å²) in [5.41, 5.74) is 2.08. The number of rotatable bonds is 5. The van der Waals surface area contributed by atoms with E-state index >= 15 is 0 Å². The standard InChI is InChI=1S/C15H16N2O3/c1-10-14(17-8-7-16-10)13(15(18)19)9-11-3-5-12(20-2)6-4-11/h3-8,13H,9H2,1-2H3,(H,18,19). The zero-order valence-corrected chi connectivity index (χ0v) is 11.4. The number of aliphatic carboxylic acids is 1. The molecule has 1 atom stereocenters. The number of carbonyl (C=O) groups is 1. The lowest BCUT2D eigenvalue weighted by molar-refractivity contribution is -0.138. The van der Waals surface area contributed by atoms with Crippen molar-refractivity contribution in [3.05, 3.63) is 53.6 Å². The van der Waals surface area contributed by atoms with E-state index in [1.54, 1.807) is 20.2 Å². The van der Waals surface area contributed by atoms with Crippen LogP contribution in [-0.4, -0.2) is 28.2 Å². The summed E-state index contributed by atoms with van der Waals surface area (Å²) in [6.45, 7) is 1.77. The fourth-order valence-electron chi connectivity index (χ4n) is 2.06. The summed E-state index contributed by atoms with van der Waals surface area (Å²) in [7, 11) is 1.60. The summed E-state index contributed by atoms with van der Waals surface area (Å²) in [5, 5.41) is 9.42. The number of hydrogen-bond acceptors (Lipinski definition) is 4. The molecule has 1 unspecified atom stereocenters. The molecule has 5 nitrogen and oxygen atoms in total. The van der Waals surface area contributed by atoms with Gasteiger partial charge in [0.1, 0.15) is 11.7 Å². The quantitative estimate of drug-likeness (QED) is 0.903. The molecule has 0 bridgehead atoms. The Morgan fingerprint density at radius 2 is 1.90 bits per heavy atom. The van der Waals surface area contributed by atoms with Crippen LogP contribution in [0.1, 0.15) is 22.9 Å². The first kappa shape index (κ1) is 14.0. The Kier molecular flexibility index (Phi) is 4.30. The third-order valence-corrected chi connectivity index (χ3v) is 3.15. The van der Waals surface area contributed by atoms with E-state index in [0.29, 0.717) is 17.8 Å². The minimum absolute atomic E-state index is 0.374. The van der Waals surface area contributed by atoms with Crippen LogP contribution >= 0.6 is 0 Å². The average molecular weight is 272 g/mol. The van der Waals surface area contributed by atoms with Crippen LogP contribution in [0.25, 0.3) is 0 Å². The van der Waals surface area contributed by atoms with Gasteiger partial charge in [0.25, 0.3) is 0 Å². The predicted molar refractivity (Wildman–Crippen MR) is 73.8 cm³/mol. The lowest BCUT2D eigenvalue weighted by Gasteiger charge is -2.13. The molecule has 0 amide bonds. The minimum atomic E-state index is -0.899. The molecule has 5 heteroatoms. The van der Waals surface area contributed by atoms with E-state index in [-0.39, 0.29) is 0 Å². The second-order valence-electron chi connectivity index (χ2n) is 4.47. The average Bonchev–Trinajstić information content (AvgIpc) is 2.46. The van der Waals surface area contributed by atoms with Gasteiger partial charge in [-0.25, -0.2) is 0 Å². The first-order chi connectivity index (χ1) is 9.61. The highest BCUT2D eigenvalue weighted by Gasteiger charge is 2.23. The van der Waals surface area contributed by atoms with E-state index < -0.39 is 11.9 Å². The molecule has 0 aliphatic heterocycles. The molecule has 0 saturated heterocycles. The molecule has 2 aromatic rings. The third-order valence-electron chi connectivity index (χ3n) is 3.15. The third kappa shape index (κ3) is 3.12. The van der Waals surface area contributed by atoms with Crippen molar-refractivity contribution in [2.45, 2.75) is 19.3 Å². The van der Waals surface area contributed by atoms with Crippen LogP contribution in [0.15, 0.2) is 36.7 Å². The van der Waals surface area contributed by atoms with E-state index in [0.717, 1.165) is 11.3 Å². The van der Waals surface area contributed by atoms with Crippen LogP contribution in [0.3, 0.4) is 0 Å². The number of ether oxygens (including phenoxy) is 1. The predicted octanol–water partition coefficient (Wildman–Crippen LogP) is 2.20. The maximum atomic E-state index is 11.5. The van der Waals surface area contributed by atoms with Gasteiger partial charge in [-0.2, -0.15) is 0 Å². The number of carboxylic acid groups (broad SMARTS) is 1. The van der Waals surface area contributed by atoms with Gasteiger partial charge in [0.05, 0.1) is 18.5 Å². The van der Waals surface area contributed by atoms with Crippen molar-refractivity contribution in [2.75, 3.05) is 7.11 Å². The Bertz CT molecular complexity index is 596. The number of aryl methyl sites for hydroxylation is 1. The molecule has 0 fully saturated rings. The van der Waals surface area contributed by atoms with Gasteiger partial charge in [0.2, 0.25) is 0 Å². The number of aromatic nitrogens is 2.